The Kier molecular flexibility index (Phi) is 10.4. The van der Waals surface area contributed by atoms with Gasteiger partial charge in [0.25, 0.3) is 0 Å². The van der Waals surface area contributed by atoms with Crippen LogP contribution in [0.2, 0.25) is 0 Å². The fourth-order valence-electron chi connectivity index (χ4n) is 4.19. The summed E-state index contributed by atoms with van der Waals surface area (Å²) in [5.74, 6) is 0. The van der Waals surface area contributed by atoms with Crippen molar-refractivity contribution in [2.24, 2.45) is 0 Å². The van der Waals surface area contributed by atoms with E-state index in [1.807, 2.05) is 7.11 Å². The van der Waals surface area contributed by atoms with E-state index >= 15 is 0 Å². The van der Waals surface area contributed by atoms with Gasteiger partial charge in [0, 0.05) is 18.7 Å². The van der Waals surface area contributed by atoms with E-state index in [0.29, 0.717) is 11.6 Å². The number of unbranched alkanes of at least 4 members (excludes halogenated alkanes) is 6. The van der Waals surface area contributed by atoms with Gasteiger partial charge >= 0.3 is 0 Å². The number of methoxy groups -OCH3 is 1. The van der Waals surface area contributed by atoms with Crippen molar-refractivity contribution in [3.8, 4) is 0 Å². The van der Waals surface area contributed by atoms with Gasteiger partial charge in [0.05, 0.1) is 6.61 Å². The van der Waals surface area contributed by atoms with E-state index in [-0.39, 0.29) is 0 Å². The van der Waals surface area contributed by atoms with Crippen molar-refractivity contribution in [1.82, 2.24) is 4.90 Å². The Morgan fingerprint density at radius 1 is 0.955 bits per heavy atom. The number of nitrogens with zero attached hydrogens (tertiary/aromatic N) is 1. The largest absolute Gasteiger partial charge is 0.383 e. The van der Waals surface area contributed by atoms with Crippen molar-refractivity contribution < 1.29 is 4.74 Å². The molecule has 132 valence electrons. The summed E-state index contributed by atoms with van der Waals surface area (Å²) in [6.45, 7) is 9.35. The first-order chi connectivity index (χ1) is 10.7. The normalized spacial score (nSPS) is 22.1. The average Bonchev–Trinajstić information content (AvgIpc) is 2.97. The minimum atomic E-state index is 0.404. The van der Waals surface area contributed by atoms with Crippen molar-refractivity contribution in [3.63, 3.8) is 0 Å². The van der Waals surface area contributed by atoms with Crippen LogP contribution in [-0.2, 0) is 4.74 Å². The summed E-state index contributed by atoms with van der Waals surface area (Å²) in [5, 5.41) is 0. The summed E-state index contributed by atoms with van der Waals surface area (Å²) in [6, 6.07) is 0.660. The summed E-state index contributed by atoms with van der Waals surface area (Å²) in [4.78, 5) is 2.81. The second-order valence-electron chi connectivity index (χ2n) is 7.56. The molecule has 0 N–H and O–H groups in total. The number of ether oxygens (including phenoxy) is 1. The fourth-order valence-corrected chi connectivity index (χ4v) is 4.19. The van der Waals surface area contributed by atoms with Gasteiger partial charge in [0.2, 0.25) is 0 Å². The molecule has 1 heterocycles. The first-order valence-electron chi connectivity index (χ1n) is 9.93. The highest BCUT2D eigenvalue weighted by molar-refractivity contribution is 4.93. The SMILES string of the molecule is CCCCCCCC(C)(CCCCC)N1CCC[C@H]1COC. The molecular formula is C20H41NO. The van der Waals surface area contributed by atoms with Crippen LogP contribution >= 0.6 is 0 Å². The zero-order chi connectivity index (χ0) is 16.3. The maximum atomic E-state index is 5.49. The molecule has 1 unspecified atom stereocenters. The fraction of sp³-hybridized carbons (Fsp3) is 1.00. The number of hydrogen-bond acceptors (Lipinski definition) is 2. The summed E-state index contributed by atoms with van der Waals surface area (Å²) >= 11 is 0. The van der Waals surface area contributed by atoms with E-state index in [0.717, 1.165) is 6.61 Å². The number of hydrogen-bond donors (Lipinski definition) is 0. The molecule has 0 aromatic carbocycles. The van der Waals surface area contributed by atoms with E-state index in [2.05, 4.69) is 25.7 Å². The first kappa shape index (κ1) is 20.0. The molecular weight excluding hydrogens is 270 g/mol. The topological polar surface area (TPSA) is 12.5 Å². The van der Waals surface area contributed by atoms with Gasteiger partial charge in [0.1, 0.15) is 0 Å². The quantitative estimate of drug-likeness (QED) is 0.399. The second-order valence-corrected chi connectivity index (χ2v) is 7.56. The molecule has 2 atom stereocenters. The van der Waals surface area contributed by atoms with Gasteiger partial charge in [0.15, 0.2) is 0 Å². The van der Waals surface area contributed by atoms with Crippen LogP contribution in [0.15, 0.2) is 0 Å². The standard InChI is InChI=1S/C20H41NO/c1-5-7-9-10-12-16-20(3,15-11-8-6-2)21-17-13-14-19(21)18-22-4/h19H,5-18H2,1-4H3/t19-,20?/m0/s1. The minimum Gasteiger partial charge on any atom is -0.383 e. The van der Waals surface area contributed by atoms with Crippen molar-refractivity contribution in [2.75, 3.05) is 20.3 Å². The van der Waals surface area contributed by atoms with Gasteiger partial charge in [-0.1, -0.05) is 65.2 Å². The van der Waals surface area contributed by atoms with E-state index < -0.39 is 0 Å². The highest BCUT2D eigenvalue weighted by Crippen LogP contribution is 2.35. The third kappa shape index (κ3) is 6.58. The van der Waals surface area contributed by atoms with E-state index in [9.17, 15) is 0 Å². The molecule has 22 heavy (non-hydrogen) atoms. The highest BCUT2D eigenvalue weighted by Gasteiger charge is 2.38. The highest BCUT2D eigenvalue weighted by atomic mass is 16.5. The van der Waals surface area contributed by atoms with Crippen LogP contribution in [0.5, 0.6) is 0 Å². The lowest BCUT2D eigenvalue weighted by molar-refractivity contribution is 0.0286. The van der Waals surface area contributed by atoms with Crippen LogP contribution in [0.4, 0.5) is 0 Å². The molecule has 1 rings (SSSR count). The van der Waals surface area contributed by atoms with E-state index in [1.54, 1.807) is 0 Å². The molecule has 0 aromatic heterocycles. The third-order valence-corrected chi connectivity index (χ3v) is 5.57. The molecule has 0 radical (unpaired) electrons. The summed E-state index contributed by atoms with van der Waals surface area (Å²) < 4.78 is 5.49. The number of likely N-dealkylation sites (tertiary alicyclic amines) is 1. The molecule has 1 aliphatic heterocycles. The van der Waals surface area contributed by atoms with Gasteiger partial charge in [-0.05, 0) is 39.2 Å². The van der Waals surface area contributed by atoms with Gasteiger partial charge < -0.3 is 4.74 Å². The summed E-state index contributed by atoms with van der Waals surface area (Å²) in [7, 11) is 1.86. The third-order valence-electron chi connectivity index (χ3n) is 5.57. The molecule has 2 nitrogen and oxygen atoms in total. The lowest BCUT2D eigenvalue weighted by Gasteiger charge is -2.43. The Labute approximate surface area is 140 Å². The van der Waals surface area contributed by atoms with Crippen molar-refractivity contribution >= 4 is 0 Å². The predicted molar refractivity (Wildman–Crippen MR) is 97.5 cm³/mol. The molecule has 1 saturated heterocycles. The molecule has 0 amide bonds. The molecule has 1 aliphatic rings. The molecule has 0 spiro atoms. The molecule has 2 heteroatoms. The second kappa shape index (κ2) is 11.5. The Morgan fingerprint density at radius 2 is 1.55 bits per heavy atom. The van der Waals surface area contributed by atoms with Crippen molar-refractivity contribution in [1.29, 1.82) is 0 Å². The zero-order valence-electron chi connectivity index (χ0n) is 15.8. The molecule has 0 aliphatic carbocycles. The van der Waals surface area contributed by atoms with Crippen molar-refractivity contribution in [2.45, 2.75) is 109 Å². The minimum absolute atomic E-state index is 0.404. The Bertz CT molecular complexity index is 268. The van der Waals surface area contributed by atoms with Crippen LogP contribution < -0.4 is 0 Å². The number of rotatable bonds is 13. The van der Waals surface area contributed by atoms with Crippen LogP contribution in [0, 0.1) is 0 Å². The van der Waals surface area contributed by atoms with Crippen molar-refractivity contribution in [3.05, 3.63) is 0 Å². The zero-order valence-corrected chi connectivity index (χ0v) is 15.8. The first-order valence-corrected chi connectivity index (χ1v) is 9.93. The van der Waals surface area contributed by atoms with Crippen LogP contribution in [0.3, 0.4) is 0 Å². The van der Waals surface area contributed by atoms with Gasteiger partial charge in [-0.2, -0.15) is 0 Å². The molecule has 0 saturated carbocycles. The maximum Gasteiger partial charge on any atom is 0.0618 e. The smallest absolute Gasteiger partial charge is 0.0618 e. The maximum absolute atomic E-state index is 5.49. The van der Waals surface area contributed by atoms with Gasteiger partial charge in [-0.3, -0.25) is 4.90 Å². The van der Waals surface area contributed by atoms with Crippen LogP contribution in [0.1, 0.15) is 97.8 Å². The predicted octanol–water partition coefficient (Wildman–Crippen LogP) is 5.80. The molecule has 1 fully saturated rings. The average molecular weight is 312 g/mol. The van der Waals surface area contributed by atoms with E-state index in [4.69, 9.17) is 4.74 Å². The monoisotopic (exact) mass is 311 g/mol. The van der Waals surface area contributed by atoms with Gasteiger partial charge in [-0.25, -0.2) is 0 Å². The Morgan fingerprint density at radius 3 is 2.18 bits per heavy atom. The van der Waals surface area contributed by atoms with Crippen LogP contribution in [0.25, 0.3) is 0 Å². The Balaban J connectivity index is 2.55. The van der Waals surface area contributed by atoms with Crippen LogP contribution in [-0.4, -0.2) is 36.7 Å². The molecule has 0 aromatic rings. The van der Waals surface area contributed by atoms with E-state index in [1.165, 1.54) is 83.6 Å². The molecule has 0 bridgehead atoms. The van der Waals surface area contributed by atoms with Gasteiger partial charge in [-0.15, -0.1) is 0 Å². The summed E-state index contributed by atoms with van der Waals surface area (Å²) in [5.41, 5.74) is 0.404. The lowest BCUT2D eigenvalue weighted by Crippen LogP contribution is -2.50. The Hall–Kier alpha value is -0.0800. The summed E-state index contributed by atoms with van der Waals surface area (Å²) in [6.07, 6.45) is 16.5. The lowest BCUT2D eigenvalue weighted by atomic mass is 9.86.